The smallest absolute Gasteiger partial charge is 0.0208 e. The van der Waals surface area contributed by atoms with Crippen LogP contribution in [0.4, 0.5) is 0 Å². The molecule has 0 aromatic heterocycles. The SMILES string of the molecule is Cc1cc(C)c(-c2cccc(CNC(C)C)c2)cc1C. The molecule has 0 atom stereocenters. The highest BCUT2D eigenvalue weighted by atomic mass is 14.9. The predicted molar refractivity (Wildman–Crippen MR) is 88.1 cm³/mol. The quantitative estimate of drug-likeness (QED) is 0.841. The summed E-state index contributed by atoms with van der Waals surface area (Å²) in [5, 5.41) is 3.48. The Bertz CT molecular complexity index is 597. The summed E-state index contributed by atoms with van der Waals surface area (Å²) in [7, 11) is 0. The summed E-state index contributed by atoms with van der Waals surface area (Å²) < 4.78 is 0. The van der Waals surface area contributed by atoms with Gasteiger partial charge >= 0.3 is 0 Å². The molecule has 20 heavy (non-hydrogen) atoms. The zero-order valence-corrected chi connectivity index (χ0v) is 13.2. The van der Waals surface area contributed by atoms with Crippen LogP contribution in [0.5, 0.6) is 0 Å². The first-order valence-corrected chi connectivity index (χ1v) is 7.38. The van der Waals surface area contributed by atoms with Crippen molar-refractivity contribution < 1.29 is 0 Å². The highest BCUT2D eigenvalue weighted by Crippen LogP contribution is 2.27. The van der Waals surface area contributed by atoms with Crippen LogP contribution in [-0.2, 0) is 6.54 Å². The molecule has 0 fully saturated rings. The fourth-order valence-electron chi connectivity index (χ4n) is 2.44. The van der Waals surface area contributed by atoms with Gasteiger partial charge in [-0.2, -0.15) is 0 Å². The monoisotopic (exact) mass is 267 g/mol. The van der Waals surface area contributed by atoms with Crippen LogP contribution in [0.15, 0.2) is 36.4 Å². The van der Waals surface area contributed by atoms with Crippen molar-refractivity contribution in [2.24, 2.45) is 0 Å². The second-order valence-corrected chi connectivity index (χ2v) is 5.99. The number of nitrogens with one attached hydrogen (secondary N) is 1. The molecular formula is C19H25N. The topological polar surface area (TPSA) is 12.0 Å². The van der Waals surface area contributed by atoms with Crippen molar-refractivity contribution in [3.63, 3.8) is 0 Å². The maximum absolute atomic E-state index is 3.48. The lowest BCUT2D eigenvalue weighted by Gasteiger charge is -2.13. The average Bonchev–Trinajstić information content (AvgIpc) is 2.41. The van der Waals surface area contributed by atoms with E-state index in [1.165, 1.54) is 33.4 Å². The van der Waals surface area contributed by atoms with Gasteiger partial charge in [0.15, 0.2) is 0 Å². The summed E-state index contributed by atoms with van der Waals surface area (Å²) in [6, 6.07) is 13.9. The molecule has 0 saturated carbocycles. The molecule has 0 radical (unpaired) electrons. The Kier molecular flexibility index (Phi) is 4.61. The Morgan fingerprint density at radius 1 is 0.900 bits per heavy atom. The van der Waals surface area contributed by atoms with E-state index >= 15 is 0 Å². The van der Waals surface area contributed by atoms with Gasteiger partial charge in [-0.1, -0.05) is 44.2 Å². The van der Waals surface area contributed by atoms with Crippen LogP contribution >= 0.6 is 0 Å². The maximum Gasteiger partial charge on any atom is 0.0208 e. The molecule has 0 spiro atoms. The van der Waals surface area contributed by atoms with E-state index in [1.807, 2.05) is 0 Å². The third kappa shape index (κ3) is 3.49. The van der Waals surface area contributed by atoms with Crippen LogP contribution in [0, 0.1) is 20.8 Å². The van der Waals surface area contributed by atoms with Gasteiger partial charge in [-0.3, -0.25) is 0 Å². The van der Waals surface area contributed by atoms with Gasteiger partial charge in [0.05, 0.1) is 0 Å². The second kappa shape index (κ2) is 6.23. The van der Waals surface area contributed by atoms with Gasteiger partial charge in [-0.25, -0.2) is 0 Å². The third-order valence-corrected chi connectivity index (χ3v) is 3.79. The number of hydrogen-bond acceptors (Lipinski definition) is 1. The lowest BCUT2D eigenvalue weighted by molar-refractivity contribution is 0.589. The van der Waals surface area contributed by atoms with E-state index in [0.29, 0.717) is 6.04 Å². The molecule has 0 amide bonds. The average molecular weight is 267 g/mol. The Hall–Kier alpha value is -1.60. The van der Waals surface area contributed by atoms with E-state index in [9.17, 15) is 0 Å². The van der Waals surface area contributed by atoms with Crippen LogP contribution in [0.25, 0.3) is 11.1 Å². The number of hydrogen-bond donors (Lipinski definition) is 1. The van der Waals surface area contributed by atoms with Gasteiger partial charge in [0.2, 0.25) is 0 Å². The van der Waals surface area contributed by atoms with E-state index in [1.54, 1.807) is 0 Å². The minimum Gasteiger partial charge on any atom is -0.310 e. The predicted octanol–water partition coefficient (Wildman–Crippen LogP) is 4.78. The zero-order chi connectivity index (χ0) is 14.7. The van der Waals surface area contributed by atoms with Gasteiger partial charge < -0.3 is 5.32 Å². The van der Waals surface area contributed by atoms with Gasteiger partial charge in [0.25, 0.3) is 0 Å². The van der Waals surface area contributed by atoms with Crippen LogP contribution in [0.2, 0.25) is 0 Å². The standard InChI is InChI=1S/C19H25N/c1-13(2)20-12-17-7-6-8-18(11-17)19-10-15(4)14(3)9-16(19)5/h6-11,13,20H,12H2,1-5H3. The molecule has 0 unspecified atom stereocenters. The van der Waals surface area contributed by atoms with E-state index in [4.69, 9.17) is 0 Å². The van der Waals surface area contributed by atoms with Crippen molar-refractivity contribution >= 4 is 0 Å². The summed E-state index contributed by atoms with van der Waals surface area (Å²) in [5.74, 6) is 0. The lowest BCUT2D eigenvalue weighted by Crippen LogP contribution is -2.21. The molecule has 2 aromatic rings. The summed E-state index contributed by atoms with van der Waals surface area (Å²) in [6.45, 7) is 11.8. The van der Waals surface area contributed by atoms with Crippen molar-refractivity contribution in [1.82, 2.24) is 5.32 Å². The first-order valence-electron chi connectivity index (χ1n) is 7.38. The molecule has 1 nitrogen and oxygen atoms in total. The molecular weight excluding hydrogens is 242 g/mol. The molecule has 0 saturated heterocycles. The molecule has 2 aromatic carbocycles. The molecule has 0 heterocycles. The van der Waals surface area contributed by atoms with Gasteiger partial charge in [-0.15, -0.1) is 0 Å². The molecule has 0 aliphatic heterocycles. The largest absolute Gasteiger partial charge is 0.310 e. The van der Waals surface area contributed by atoms with Crippen molar-refractivity contribution in [2.45, 2.75) is 47.2 Å². The van der Waals surface area contributed by atoms with Crippen molar-refractivity contribution in [1.29, 1.82) is 0 Å². The van der Waals surface area contributed by atoms with Crippen molar-refractivity contribution in [2.75, 3.05) is 0 Å². The number of rotatable bonds is 4. The minimum absolute atomic E-state index is 0.516. The molecule has 2 rings (SSSR count). The molecule has 0 aliphatic rings. The summed E-state index contributed by atoms with van der Waals surface area (Å²) in [5.41, 5.74) is 8.07. The highest BCUT2D eigenvalue weighted by molar-refractivity contribution is 5.69. The van der Waals surface area contributed by atoms with Crippen LogP contribution in [0.1, 0.15) is 36.1 Å². The fraction of sp³-hybridized carbons (Fsp3) is 0.368. The van der Waals surface area contributed by atoms with Gasteiger partial charge in [-0.05, 0) is 60.2 Å². The first kappa shape index (κ1) is 14.8. The lowest BCUT2D eigenvalue weighted by atomic mass is 9.94. The summed E-state index contributed by atoms with van der Waals surface area (Å²) in [6.07, 6.45) is 0. The Morgan fingerprint density at radius 3 is 2.30 bits per heavy atom. The summed E-state index contributed by atoms with van der Waals surface area (Å²) >= 11 is 0. The Morgan fingerprint density at radius 2 is 1.60 bits per heavy atom. The normalized spacial score (nSPS) is 11.1. The van der Waals surface area contributed by atoms with E-state index in [0.717, 1.165) is 6.54 Å². The molecule has 0 aliphatic carbocycles. The van der Waals surface area contributed by atoms with Crippen molar-refractivity contribution in [3.05, 3.63) is 58.7 Å². The minimum atomic E-state index is 0.516. The number of benzene rings is 2. The second-order valence-electron chi connectivity index (χ2n) is 5.99. The van der Waals surface area contributed by atoms with E-state index in [2.05, 4.69) is 76.3 Å². The van der Waals surface area contributed by atoms with E-state index in [-0.39, 0.29) is 0 Å². The Labute approximate surface area is 123 Å². The first-order chi connectivity index (χ1) is 9.47. The fourth-order valence-corrected chi connectivity index (χ4v) is 2.44. The Balaban J connectivity index is 2.33. The van der Waals surface area contributed by atoms with Crippen molar-refractivity contribution in [3.8, 4) is 11.1 Å². The van der Waals surface area contributed by atoms with Crippen LogP contribution in [0.3, 0.4) is 0 Å². The van der Waals surface area contributed by atoms with Crippen LogP contribution < -0.4 is 5.32 Å². The van der Waals surface area contributed by atoms with Gasteiger partial charge in [0.1, 0.15) is 0 Å². The molecule has 0 bridgehead atoms. The molecule has 1 N–H and O–H groups in total. The zero-order valence-electron chi connectivity index (χ0n) is 13.2. The molecule has 106 valence electrons. The van der Waals surface area contributed by atoms with Crippen LogP contribution in [-0.4, -0.2) is 6.04 Å². The number of aryl methyl sites for hydroxylation is 3. The summed E-state index contributed by atoms with van der Waals surface area (Å²) in [4.78, 5) is 0. The van der Waals surface area contributed by atoms with E-state index < -0.39 is 0 Å². The molecule has 1 heteroatoms. The highest BCUT2D eigenvalue weighted by Gasteiger charge is 2.05. The maximum atomic E-state index is 3.48. The third-order valence-electron chi connectivity index (χ3n) is 3.79. The van der Waals surface area contributed by atoms with Gasteiger partial charge in [0, 0.05) is 12.6 Å².